The molecule has 1 amide bonds. The number of thiocarbonyl (C=S) groups is 1. The number of halogens is 3. The maximum atomic E-state index is 12.2. The van der Waals surface area contributed by atoms with Gasteiger partial charge in [0.15, 0.2) is 5.11 Å². The number of methoxy groups -OCH3 is 1. The normalized spacial score (nSPS) is 10.8. The lowest BCUT2D eigenvalue weighted by Gasteiger charge is -2.12. The molecule has 30 heavy (non-hydrogen) atoms. The van der Waals surface area contributed by atoms with E-state index in [0.29, 0.717) is 43.6 Å². The Morgan fingerprint density at radius 3 is 2.70 bits per heavy atom. The second kappa shape index (κ2) is 10.00. The monoisotopic (exact) mass is 480 g/mol. The van der Waals surface area contributed by atoms with Crippen molar-refractivity contribution in [1.82, 2.24) is 5.32 Å². The number of furan rings is 1. The van der Waals surface area contributed by atoms with Gasteiger partial charge in [-0.2, -0.15) is 0 Å². The van der Waals surface area contributed by atoms with Gasteiger partial charge >= 0.3 is 0 Å². The molecule has 0 aliphatic rings. The second-order valence-corrected chi connectivity index (χ2v) is 7.55. The van der Waals surface area contributed by atoms with Gasteiger partial charge in [0.2, 0.25) is 5.91 Å². The zero-order valence-corrected chi connectivity index (χ0v) is 18.6. The number of carbonyl (C=O) groups is 1. The highest BCUT2D eigenvalue weighted by Gasteiger charge is 2.11. The molecule has 0 fully saturated rings. The zero-order valence-electron chi connectivity index (χ0n) is 15.5. The third-order valence-electron chi connectivity index (χ3n) is 3.89. The predicted molar refractivity (Wildman–Crippen MR) is 126 cm³/mol. The SMILES string of the molecule is COc1ccc(Cl)cc1NC(=S)NC(=O)C=Cc1ccc(-c2cccc(Cl)c2Cl)o1. The first-order chi connectivity index (χ1) is 14.4. The summed E-state index contributed by atoms with van der Waals surface area (Å²) in [6, 6.07) is 13.7. The number of amides is 1. The van der Waals surface area contributed by atoms with E-state index in [9.17, 15) is 4.79 Å². The molecule has 2 N–H and O–H groups in total. The van der Waals surface area contributed by atoms with E-state index in [2.05, 4.69) is 10.6 Å². The van der Waals surface area contributed by atoms with Crippen molar-refractivity contribution in [3.8, 4) is 17.1 Å². The molecule has 0 spiro atoms. The number of benzene rings is 2. The van der Waals surface area contributed by atoms with Crippen LogP contribution in [0.25, 0.3) is 17.4 Å². The van der Waals surface area contributed by atoms with Gasteiger partial charge in [0, 0.05) is 16.7 Å². The van der Waals surface area contributed by atoms with Crippen LogP contribution in [0.3, 0.4) is 0 Å². The van der Waals surface area contributed by atoms with E-state index in [1.807, 2.05) is 0 Å². The van der Waals surface area contributed by atoms with E-state index in [1.54, 1.807) is 48.5 Å². The molecule has 1 aromatic heterocycles. The minimum absolute atomic E-state index is 0.0936. The molecule has 2 aromatic carbocycles. The highest BCUT2D eigenvalue weighted by molar-refractivity contribution is 7.80. The van der Waals surface area contributed by atoms with Gasteiger partial charge in [-0.3, -0.25) is 10.1 Å². The van der Waals surface area contributed by atoms with Crippen LogP contribution in [-0.4, -0.2) is 18.1 Å². The van der Waals surface area contributed by atoms with Gasteiger partial charge < -0.3 is 14.5 Å². The van der Waals surface area contributed by atoms with E-state index >= 15 is 0 Å². The quantitative estimate of drug-likeness (QED) is 0.324. The average molecular weight is 482 g/mol. The van der Waals surface area contributed by atoms with Crippen LogP contribution in [0.2, 0.25) is 15.1 Å². The number of anilines is 1. The molecule has 0 bridgehead atoms. The Morgan fingerprint density at radius 2 is 1.93 bits per heavy atom. The largest absolute Gasteiger partial charge is 0.495 e. The van der Waals surface area contributed by atoms with Crippen molar-refractivity contribution in [2.75, 3.05) is 12.4 Å². The molecule has 0 aliphatic heterocycles. The van der Waals surface area contributed by atoms with Crippen molar-refractivity contribution in [1.29, 1.82) is 0 Å². The fourth-order valence-corrected chi connectivity index (χ4v) is 3.30. The third-order valence-corrected chi connectivity index (χ3v) is 5.15. The maximum absolute atomic E-state index is 12.2. The van der Waals surface area contributed by atoms with Crippen molar-refractivity contribution < 1.29 is 13.9 Å². The molecule has 5 nitrogen and oxygen atoms in total. The van der Waals surface area contributed by atoms with Crippen LogP contribution in [0.15, 0.2) is 59.0 Å². The Kier molecular flexibility index (Phi) is 7.39. The Balaban J connectivity index is 1.63. The lowest BCUT2D eigenvalue weighted by atomic mass is 10.2. The van der Waals surface area contributed by atoms with E-state index in [-0.39, 0.29) is 5.11 Å². The predicted octanol–water partition coefficient (Wildman–Crippen LogP) is 6.44. The minimum Gasteiger partial charge on any atom is -0.495 e. The first-order valence-corrected chi connectivity index (χ1v) is 10.1. The zero-order chi connectivity index (χ0) is 21.7. The van der Waals surface area contributed by atoms with Crippen molar-refractivity contribution in [3.63, 3.8) is 0 Å². The summed E-state index contributed by atoms with van der Waals surface area (Å²) < 4.78 is 10.9. The van der Waals surface area contributed by atoms with Crippen molar-refractivity contribution in [2.45, 2.75) is 0 Å². The summed E-state index contributed by atoms with van der Waals surface area (Å²) in [5.74, 6) is 1.10. The van der Waals surface area contributed by atoms with Crippen LogP contribution in [0.4, 0.5) is 5.69 Å². The summed E-state index contributed by atoms with van der Waals surface area (Å²) in [5.41, 5.74) is 1.20. The van der Waals surface area contributed by atoms with E-state index < -0.39 is 5.91 Å². The lowest BCUT2D eigenvalue weighted by Crippen LogP contribution is -2.32. The van der Waals surface area contributed by atoms with E-state index in [4.69, 9.17) is 56.2 Å². The Hall–Kier alpha value is -2.51. The van der Waals surface area contributed by atoms with Gasteiger partial charge in [0.05, 0.1) is 22.8 Å². The molecule has 0 radical (unpaired) electrons. The summed E-state index contributed by atoms with van der Waals surface area (Å²) in [4.78, 5) is 12.2. The number of hydrogen-bond donors (Lipinski definition) is 2. The van der Waals surface area contributed by atoms with Gasteiger partial charge in [-0.25, -0.2) is 0 Å². The summed E-state index contributed by atoms with van der Waals surface area (Å²) in [5, 5.41) is 6.84. The van der Waals surface area contributed by atoms with Crippen LogP contribution >= 0.6 is 47.0 Å². The highest BCUT2D eigenvalue weighted by Crippen LogP contribution is 2.34. The lowest BCUT2D eigenvalue weighted by molar-refractivity contribution is -0.115. The van der Waals surface area contributed by atoms with Crippen molar-refractivity contribution >= 4 is 69.8 Å². The van der Waals surface area contributed by atoms with Crippen molar-refractivity contribution in [2.24, 2.45) is 0 Å². The van der Waals surface area contributed by atoms with Gasteiger partial charge in [-0.05, 0) is 60.8 Å². The Labute approximate surface area is 193 Å². The number of hydrogen-bond acceptors (Lipinski definition) is 4. The smallest absolute Gasteiger partial charge is 0.250 e. The van der Waals surface area contributed by atoms with Gasteiger partial charge in [0.1, 0.15) is 17.3 Å². The summed E-state index contributed by atoms with van der Waals surface area (Å²) >= 11 is 23.4. The molecular formula is C21H15Cl3N2O3S. The fourth-order valence-electron chi connectivity index (χ4n) is 2.52. The number of nitrogens with one attached hydrogen (secondary N) is 2. The summed E-state index contributed by atoms with van der Waals surface area (Å²) in [6.07, 6.45) is 2.81. The first kappa shape index (κ1) is 22.2. The standard InChI is InChI=1S/C21H15Cl3N2O3S/c1-28-18-8-5-12(22)11-16(18)25-21(30)26-19(27)10-7-13-6-9-17(29-13)14-3-2-4-15(23)20(14)24/h2-11H,1H3,(H2,25,26,27,30). The van der Waals surface area contributed by atoms with Crippen LogP contribution in [-0.2, 0) is 4.79 Å². The molecular weight excluding hydrogens is 467 g/mol. The van der Waals surface area contributed by atoms with Crippen LogP contribution in [0.1, 0.15) is 5.76 Å². The number of rotatable bonds is 5. The average Bonchev–Trinajstić information content (AvgIpc) is 3.17. The van der Waals surface area contributed by atoms with Crippen LogP contribution < -0.4 is 15.4 Å². The molecule has 3 rings (SSSR count). The van der Waals surface area contributed by atoms with Crippen LogP contribution in [0, 0.1) is 0 Å². The highest BCUT2D eigenvalue weighted by atomic mass is 35.5. The fraction of sp³-hybridized carbons (Fsp3) is 0.0476. The number of carbonyl (C=O) groups excluding carboxylic acids is 1. The molecule has 0 atom stereocenters. The van der Waals surface area contributed by atoms with Gasteiger partial charge in [0.25, 0.3) is 0 Å². The molecule has 3 aromatic rings. The van der Waals surface area contributed by atoms with Crippen molar-refractivity contribution in [3.05, 3.63) is 75.4 Å². The molecule has 0 saturated heterocycles. The first-order valence-electron chi connectivity index (χ1n) is 8.55. The summed E-state index contributed by atoms with van der Waals surface area (Å²) in [6.45, 7) is 0. The minimum atomic E-state index is -0.438. The maximum Gasteiger partial charge on any atom is 0.250 e. The molecule has 0 unspecified atom stereocenters. The Morgan fingerprint density at radius 1 is 1.13 bits per heavy atom. The molecule has 1 heterocycles. The second-order valence-electron chi connectivity index (χ2n) is 5.92. The van der Waals surface area contributed by atoms with Gasteiger partial charge in [-0.15, -0.1) is 0 Å². The molecule has 154 valence electrons. The third kappa shape index (κ3) is 5.55. The number of ether oxygens (including phenoxy) is 1. The summed E-state index contributed by atoms with van der Waals surface area (Å²) in [7, 11) is 1.52. The Bertz CT molecular complexity index is 1130. The molecule has 0 aliphatic carbocycles. The van der Waals surface area contributed by atoms with Crippen LogP contribution in [0.5, 0.6) is 5.75 Å². The van der Waals surface area contributed by atoms with Gasteiger partial charge in [-0.1, -0.05) is 40.9 Å². The topological polar surface area (TPSA) is 63.5 Å². The van der Waals surface area contributed by atoms with E-state index in [1.165, 1.54) is 19.3 Å². The van der Waals surface area contributed by atoms with E-state index in [0.717, 1.165) is 0 Å². The molecule has 0 saturated carbocycles. The molecule has 9 heteroatoms.